The normalized spacial score (nSPS) is 18.7. The van der Waals surface area contributed by atoms with Crippen LogP contribution in [0.25, 0.3) is 0 Å². The van der Waals surface area contributed by atoms with Gasteiger partial charge in [-0.1, -0.05) is 0 Å². The van der Waals surface area contributed by atoms with Gasteiger partial charge in [-0.25, -0.2) is 4.39 Å². The Morgan fingerprint density at radius 1 is 1.32 bits per heavy atom. The van der Waals surface area contributed by atoms with Gasteiger partial charge in [-0.15, -0.1) is 0 Å². The van der Waals surface area contributed by atoms with Gasteiger partial charge in [0.25, 0.3) is 5.91 Å². The summed E-state index contributed by atoms with van der Waals surface area (Å²) in [5.74, 6) is 1.99. The van der Waals surface area contributed by atoms with Crippen molar-refractivity contribution in [2.75, 3.05) is 6.54 Å². The van der Waals surface area contributed by atoms with Crippen LogP contribution in [0.2, 0.25) is 0 Å². The molecule has 102 valence electrons. The first kappa shape index (κ1) is 12.6. The minimum atomic E-state index is -0.289. The fraction of sp³-hybridized carbons (Fsp3) is 0.562. The maximum absolute atomic E-state index is 13.0. The molecule has 0 aliphatic heterocycles. The topological polar surface area (TPSA) is 29.1 Å². The molecule has 1 amide bonds. The van der Waals surface area contributed by atoms with Crippen molar-refractivity contribution in [1.29, 1.82) is 0 Å². The van der Waals surface area contributed by atoms with Crippen molar-refractivity contribution < 1.29 is 9.18 Å². The Morgan fingerprint density at radius 2 is 1.95 bits per heavy atom. The third kappa shape index (κ3) is 2.96. The molecule has 0 atom stereocenters. The van der Waals surface area contributed by atoms with Crippen LogP contribution in [0.3, 0.4) is 0 Å². The summed E-state index contributed by atoms with van der Waals surface area (Å²) in [5, 5.41) is 3.04. The molecule has 0 aromatic heterocycles. The number of hydrogen-bond acceptors (Lipinski definition) is 1. The highest BCUT2D eigenvalue weighted by Gasteiger charge is 2.41. The van der Waals surface area contributed by atoms with Gasteiger partial charge >= 0.3 is 0 Å². The lowest BCUT2D eigenvalue weighted by atomic mass is 9.97. The molecule has 3 rings (SSSR count). The van der Waals surface area contributed by atoms with E-state index in [2.05, 4.69) is 5.32 Å². The molecule has 0 radical (unpaired) electrons. The average molecular weight is 261 g/mol. The van der Waals surface area contributed by atoms with E-state index in [0.29, 0.717) is 17.0 Å². The molecule has 1 N–H and O–H groups in total. The van der Waals surface area contributed by atoms with Gasteiger partial charge in [0.2, 0.25) is 0 Å². The van der Waals surface area contributed by atoms with Crippen molar-refractivity contribution in [3.63, 3.8) is 0 Å². The predicted molar refractivity (Wildman–Crippen MR) is 72.4 cm³/mol. The summed E-state index contributed by atoms with van der Waals surface area (Å²) in [7, 11) is 0. The molecule has 0 unspecified atom stereocenters. The molecule has 19 heavy (non-hydrogen) atoms. The molecule has 2 saturated carbocycles. The average Bonchev–Trinajstić information content (AvgIpc) is 3.23. The standard InChI is InChI=1S/C16H20FNO/c1-10-8-13(17)6-7-14(10)16(19)18-9-15(11-2-3-11)12-4-5-12/h6-8,11-12,15H,2-5,9H2,1H3,(H,18,19). The van der Waals surface area contributed by atoms with Gasteiger partial charge in [-0.05, 0) is 74.1 Å². The highest BCUT2D eigenvalue weighted by molar-refractivity contribution is 5.95. The summed E-state index contributed by atoms with van der Waals surface area (Å²) >= 11 is 0. The van der Waals surface area contributed by atoms with Crippen molar-refractivity contribution in [3.8, 4) is 0 Å². The molecule has 3 heteroatoms. The monoisotopic (exact) mass is 261 g/mol. The SMILES string of the molecule is Cc1cc(F)ccc1C(=O)NCC(C1CC1)C1CC1. The van der Waals surface area contributed by atoms with Gasteiger partial charge in [-0.3, -0.25) is 4.79 Å². The first-order valence-electron chi connectivity index (χ1n) is 7.19. The van der Waals surface area contributed by atoms with E-state index in [1.165, 1.54) is 37.8 Å². The van der Waals surface area contributed by atoms with E-state index in [0.717, 1.165) is 18.4 Å². The molecular formula is C16H20FNO. The second-order valence-electron chi connectivity index (χ2n) is 6.01. The maximum Gasteiger partial charge on any atom is 0.251 e. The minimum Gasteiger partial charge on any atom is -0.352 e. The second kappa shape index (κ2) is 4.95. The van der Waals surface area contributed by atoms with Gasteiger partial charge in [0.1, 0.15) is 5.82 Å². The zero-order chi connectivity index (χ0) is 13.4. The van der Waals surface area contributed by atoms with Crippen molar-refractivity contribution >= 4 is 5.91 Å². The van der Waals surface area contributed by atoms with Crippen molar-refractivity contribution in [3.05, 3.63) is 35.1 Å². The number of carbonyl (C=O) groups excluding carboxylic acids is 1. The number of nitrogens with one attached hydrogen (secondary N) is 1. The Hall–Kier alpha value is -1.38. The number of carbonyl (C=O) groups is 1. The lowest BCUT2D eigenvalue weighted by Crippen LogP contribution is -2.31. The van der Waals surface area contributed by atoms with Crippen LogP contribution in [0, 0.1) is 30.5 Å². The molecule has 2 aliphatic rings. The summed E-state index contributed by atoms with van der Waals surface area (Å²) < 4.78 is 13.0. The highest BCUT2D eigenvalue weighted by Crippen LogP contribution is 2.48. The number of rotatable bonds is 5. The predicted octanol–water partition coefficient (Wildman–Crippen LogP) is 3.30. The Balaban J connectivity index is 1.61. The lowest BCUT2D eigenvalue weighted by molar-refractivity contribution is 0.0942. The molecule has 2 nitrogen and oxygen atoms in total. The highest BCUT2D eigenvalue weighted by atomic mass is 19.1. The van der Waals surface area contributed by atoms with Gasteiger partial charge in [0.15, 0.2) is 0 Å². The lowest BCUT2D eigenvalue weighted by Gasteiger charge is -2.16. The van der Waals surface area contributed by atoms with Crippen LogP contribution >= 0.6 is 0 Å². The fourth-order valence-electron chi connectivity index (χ4n) is 2.95. The first-order valence-corrected chi connectivity index (χ1v) is 7.19. The van der Waals surface area contributed by atoms with Gasteiger partial charge < -0.3 is 5.32 Å². The summed E-state index contributed by atoms with van der Waals surface area (Å²) in [6, 6.07) is 4.33. The smallest absolute Gasteiger partial charge is 0.251 e. The largest absolute Gasteiger partial charge is 0.352 e. The van der Waals surface area contributed by atoms with E-state index in [4.69, 9.17) is 0 Å². The van der Waals surface area contributed by atoms with E-state index >= 15 is 0 Å². The summed E-state index contributed by atoms with van der Waals surface area (Å²) in [6.07, 6.45) is 5.30. The molecule has 0 heterocycles. The molecule has 2 aliphatic carbocycles. The van der Waals surface area contributed by atoms with Crippen LogP contribution in [0.15, 0.2) is 18.2 Å². The van der Waals surface area contributed by atoms with Crippen LogP contribution < -0.4 is 5.32 Å². The molecule has 0 bridgehead atoms. The Kier molecular flexibility index (Phi) is 3.29. The number of hydrogen-bond donors (Lipinski definition) is 1. The molecule has 0 saturated heterocycles. The van der Waals surface area contributed by atoms with Gasteiger partial charge in [-0.2, -0.15) is 0 Å². The van der Waals surface area contributed by atoms with Crippen molar-refractivity contribution in [2.24, 2.45) is 17.8 Å². The van der Waals surface area contributed by atoms with Crippen molar-refractivity contribution in [2.45, 2.75) is 32.6 Å². The van der Waals surface area contributed by atoms with E-state index in [9.17, 15) is 9.18 Å². The second-order valence-corrected chi connectivity index (χ2v) is 6.01. The van der Waals surface area contributed by atoms with Crippen LogP contribution in [-0.4, -0.2) is 12.5 Å². The molecule has 0 spiro atoms. The van der Waals surface area contributed by atoms with E-state index in [1.54, 1.807) is 13.0 Å². The van der Waals surface area contributed by atoms with Crippen LogP contribution in [0.5, 0.6) is 0 Å². The Morgan fingerprint density at radius 3 is 2.47 bits per heavy atom. The Labute approximate surface area is 113 Å². The zero-order valence-electron chi connectivity index (χ0n) is 11.3. The van der Waals surface area contributed by atoms with Crippen molar-refractivity contribution in [1.82, 2.24) is 5.32 Å². The molecule has 2 fully saturated rings. The number of amides is 1. The van der Waals surface area contributed by atoms with E-state index in [-0.39, 0.29) is 11.7 Å². The summed E-state index contributed by atoms with van der Waals surface area (Å²) in [5.41, 5.74) is 1.29. The maximum atomic E-state index is 13.0. The zero-order valence-corrected chi connectivity index (χ0v) is 11.3. The summed E-state index contributed by atoms with van der Waals surface area (Å²) in [6.45, 7) is 2.56. The quantitative estimate of drug-likeness (QED) is 0.865. The minimum absolute atomic E-state index is 0.0659. The number of aryl methyl sites for hydroxylation is 1. The number of benzene rings is 1. The molecule has 1 aromatic carbocycles. The van der Waals surface area contributed by atoms with Gasteiger partial charge in [0, 0.05) is 12.1 Å². The van der Waals surface area contributed by atoms with Crippen LogP contribution in [0.4, 0.5) is 4.39 Å². The third-order valence-electron chi connectivity index (χ3n) is 4.39. The molecular weight excluding hydrogens is 241 g/mol. The van der Waals surface area contributed by atoms with Crippen LogP contribution in [-0.2, 0) is 0 Å². The number of halogens is 1. The third-order valence-corrected chi connectivity index (χ3v) is 4.39. The Bertz CT molecular complexity index is 480. The van der Waals surface area contributed by atoms with Gasteiger partial charge in [0.05, 0.1) is 0 Å². The van der Waals surface area contributed by atoms with E-state index < -0.39 is 0 Å². The fourth-order valence-corrected chi connectivity index (χ4v) is 2.95. The molecule has 1 aromatic rings. The van der Waals surface area contributed by atoms with E-state index in [1.807, 2.05) is 0 Å². The summed E-state index contributed by atoms with van der Waals surface area (Å²) in [4.78, 5) is 12.1. The van der Waals surface area contributed by atoms with Crippen LogP contribution in [0.1, 0.15) is 41.6 Å². The first-order chi connectivity index (χ1) is 9.15.